The van der Waals surface area contributed by atoms with Gasteiger partial charge in [0.15, 0.2) is 0 Å². The number of sulfonamides is 1. The highest BCUT2D eigenvalue weighted by Gasteiger charge is 2.28. The van der Waals surface area contributed by atoms with Crippen molar-refractivity contribution in [2.45, 2.75) is 62.9 Å². The van der Waals surface area contributed by atoms with E-state index < -0.39 is 10.0 Å². The summed E-state index contributed by atoms with van der Waals surface area (Å²) in [5.74, 6) is 1.34. The van der Waals surface area contributed by atoms with Crippen molar-refractivity contribution >= 4 is 38.3 Å². The molecule has 1 aliphatic rings. The summed E-state index contributed by atoms with van der Waals surface area (Å²) in [6.07, 6.45) is 5.63. The van der Waals surface area contributed by atoms with E-state index in [4.69, 9.17) is 4.98 Å². The number of fused-ring (bicyclic) bond motifs is 1. The van der Waals surface area contributed by atoms with Gasteiger partial charge in [0.2, 0.25) is 15.9 Å². The monoisotopic (exact) mass is 488 g/mol. The maximum atomic E-state index is 12.9. The van der Waals surface area contributed by atoms with Crippen molar-refractivity contribution in [2.75, 3.05) is 14.1 Å². The topological polar surface area (TPSA) is 84.3 Å². The third-order valence-corrected chi connectivity index (χ3v) is 9.27. The van der Waals surface area contributed by atoms with Crippen LogP contribution in [0.4, 0.5) is 0 Å². The fourth-order valence-electron chi connectivity index (χ4n) is 4.73. The summed E-state index contributed by atoms with van der Waals surface area (Å²) in [7, 11) is -0.493. The summed E-state index contributed by atoms with van der Waals surface area (Å²) in [6, 6.07) is 9.29. The molecule has 1 aromatic carbocycles. The van der Waals surface area contributed by atoms with E-state index in [9.17, 15) is 13.2 Å². The van der Waals surface area contributed by atoms with Crippen LogP contribution in [0.3, 0.4) is 0 Å². The summed E-state index contributed by atoms with van der Waals surface area (Å²) in [4.78, 5) is 19.1. The molecule has 2 aromatic heterocycles. The first-order chi connectivity index (χ1) is 15.8. The molecule has 1 aliphatic carbocycles. The molecule has 178 valence electrons. The molecule has 7 nitrogen and oxygen atoms in total. The number of carbonyl (C=O) groups is 1. The fourth-order valence-corrected chi connectivity index (χ4v) is 6.52. The van der Waals surface area contributed by atoms with Crippen LogP contribution in [0.5, 0.6) is 0 Å². The minimum Gasteiger partial charge on any atom is -0.348 e. The molecule has 0 spiro atoms. The number of nitrogens with zero attached hydrogens (tertiary/aromatic N) is 3. The second-order valence-electron chi connectivity index (χ2n) is 8.82. The molecular weight excluding hydrogens is 456 g/mol. The van der Waals surface area contributed by atoms with Crippen molar-refractivity contribution < 1.29 is 13.2 Å². The van der Waals surface area contributed by atoms with Gasteiger partial charge in [-0.05, 0) is 55.3 Å². The maximum Gasteiger partial charge on any atom is 0.242 e. The van der Waals surface area contributed by atoms with Crippen LogP contribution in [-0.4, -0.2) is 42.3 Å². The van der Waals surface area contributed by atoms with E-state index in [1.54, 1.807) is 29.5 Å². The van der Waals surface area contributed by atoms with Crippen LogP contribution in [0.25, 0.3) is 11.0 Å². The Morgan fingerprint density at radius 1 is 1.27 bits per heavy atom. The van der Waals surface area contributed by atoms with Gasteiger partial charge in [-0.1, -0.05) is 18.9 Å². The quantitative estimate of drug-likeness (QED) is 0.485. The van der Waals surface area contributed by atoms with E-state index in [0.29, 0.717) is 30.8 Å². The van der Waals surface area contributed by atoms with Crippen LogP contribution in [0.15, 0.2) is 40.6 Å². The molecule has 0 bridgehead atoms. The predicted molar refractivity (Wildman–Crippen MR) is 132 cm³/mol. The van der Waals surface area contributed by atoms with Crippen molar-refractivity contribution in [3.05, 3.63) is 46.4 Å². The van der Waals surface area contributed by atoms with E-state index in [-0.39, 0.29) is 16.8 Å². The van der Waals surface area contributed by atoms with Gasteiger partial charge in [-0.2, -0.15) is 0 Å². The summed E-state index contributed by atoms with van der Waals surface area (Å²) in [5.41, 5.74) is 1.52. The van der Waals surface area contributed by atoms with Crippen LogP contribution < -0.4 is 5.32 Å². The lowest BCUT2D eigenvalue weighted by Gasteiger charge is -2.23. The van der Waals surface area contributed by atoms with Crippen LogP contribution in [0.2, 0.25) is 0 Å². The molecule has 1 saturated carbocycles. The van der Waals surface area contributed by atoms with Crippen molar-refractivity contribution in [3.63, 3.8) is 0 Å². The Labute approximate surface area is 199 Å². The molecule has 3 aromatic rings. The number of amides is 1. The molecular formula is C24H32N4O3S2. The summed E-state index contributed by atoms with van der Waals surface area (Å²) < 4.78 is 28.3. The lowest BCUT2D eigenvalue weighted by Crippen LogP contribution is -2.32. The minimum atomic E-state index is -3.53. The van der Waals surface area contributed by atoms with Gasteiger partial charge >= 0.3 is 0 Å². The van der Waals surface area contributed by atoms with Crippen molar-refractivity contribution in [1.29, 1.82) is 0 Å². The Balaban J connectivity index is 1.50. The van der Waals surface area contributed by atoms with Crippen molar-refractivity contribution in [3.8, 4) is 0 Å². The number of hydrogen-bond donors (Lipinski definition) is 1. The third-order valence-electron chi connectivity index (χ3n) is 6.51. The highest BCUT2D eigenvalue weighted by atomic mass is 32.2. The van der Waals surface area contributed by atoms with Crippen LogP contribution >= 0.6 is 11.3 Å². The van der Waals surface area contributed by atoms with E-state index in [2.05, 4.69) is 21.3 Å². The maximum absolute atomic E-state index is 12.9. The van der Waals surface area contributed by atoms with Crippen LogP contribution in [0.1, 0.15) is 55.8 Å². The number of carbonyl (C=O) groups excluding carboxylic acids is 1. The Morgan fingerprint density at radius 2 is 2.03 bits per heavy atom. The van der Waals surface area contributed by atoms with E-state index in [1.807, 2.05) is 13.0 Å². The molecule has 9 heteroatoms. The second kappa shape index (κ2) is 9.95. The minimum absolute atomic E-state index is 0.0332. The van der Waals surface area contributed by atoms with Gasteiger partial charge in [-0.25, -0.2) is 17.7 Å². The fraction of sp³-hybridized carbons (Fsp3) is 0.500. The average Bonchev–Trinajstić information content (AvgIpc) is 3.56. The lowest BCUT2D eigenvalue weighted by atomic mass is 9.96. The zero-order valence-corrected chi connectivity index (χ0v) is 21.1. The number of nitrogens with one attached hydrogen (secondary N) is 1. The van der Waals surface area contributed by atoms with Gasteiger partial charge in [-0.15, -0.1) is 11.3 Å². The Kier molecular flexibility index (Phi) is 7.21. The number of rotatable bonds is 9. The predicted octanol–water partition coefficient (Wildman–Crippen LogP) is 4.35. The van der Waals surface area contributed by atoms with Gasteiger partial charge in [0, 0.05) is 38.4 Å². The van der Waals surface area contributed by atoms with E-state index in [0.717, 1.165) is 24.2 Å². The third kappa shape index (κ3) is 5.00. The molecule has 1 fully saturated rings. The average molecular weight is 489 g/mol. The molecule has 2 heterocycles. The summed E-state index contributed by atoms with van der Waals surface area (Å²) >= 11 is 1.70. The zero-order valence-electron chi connectivity index (χ0n) is 19.5. The van der Waals surface area contributed by atoms with Crippen molar-refractivity contribution in [1.82, 2.24) is 19.2 Å². The SMILES string of the molecule is CCn1c(CCC(=O)NC(c2cccs2)C2CCCC2)nc2cc(S(=O)(=O)N(C)C)ccc21. The van der Waals surface area contributed by atoms with E-state index in [1.165, 1.54) is 36.1 Å². The largest absolute Gasteiger partial charge is 0.348 e. The number of aromatic nitrogens is 2. The normalized spacial score (nSPS) is 16.0. The molecule has 4 rings (SSSR count). The van der Waals surface area contributed by atoms with Crippen LogP contribution in [-0.2, 0) is 27.8 Å². The Bertz CT molecular complexity index is 1210. The lowest BCUT2D eigenvalue weighted by molar-refractivity contribution is -0.122. The zero-order chi connectivity index (χ0) is 23.6. The van der Waals surface area contributed by atoms with E-state index >= 15 is 0 Å². The highest BCUT2D eigenvalue weighted by molar-refractivity contribution is 7.89. The first-order valence-electron chi connectivity index (χ1n) is 11.6. The molecule has 1 atom stereocenters. The van der Waals surface area contributed by atoms with Crippen LogP contribution in [0, 0.1) is 5.92 Å². The van der Waals surface area contributed by atoms with Gasteiger partial charge in [0.25, 0.3) is 0 Å². The molecule has 0 radical (unpaired) electrons. The summed E-state index contributed by atoms with van der Waals surface area (Å²) in [5, 5.41) is 5.36. The van der Waals surface area contributed by atoms with Crippen molar-refractivity contribution in [2.24, 2.45) is 5.92 Å². The Morgan fingerprint density at radius 3 is 2.67 bits per heavy atom. The standard InChI is InChI=1S/C24H32N4O3S2/c1-4-28-20-12-11-18(33(30,31)27(2)3)16-19(20)25-22(28)13-14-23(29)26-24(17-8-5-6-9-17)21-10-7-15-32-21/h7,10-12,15-17,24H,4-6,8-9,13-14H2,1-3H3,(H,26,29). The molecule has 1 unspecified atom stereocenters. The highest BCUT2D eigenvalue weighted by Crippen LogP contribution is 2.37. The number of thiophene rings is 1. The van der Waals surface area contributed by atoms with Gasteiger partial charge < -0.3 is 9.88 Å². The van der Waals surface area contributed by atoms with Gasteiger partial charge in [-0.3, -0.25) is 4.79 Å². The number of hydrogen-bond acceptors (Lipinski definition) is 5. The Hall–Kier alpha value is -2.23. The smallest absolute Gasteiger partial charge is 0.242 e. The molecule has 1 N–H and O–H groups in total. The summed E-state index contributed by atoms with van der Waals surface area (Å²) in [6.45, 7) is 2.73. The molecule has 33 heavy (non-hydrogen) atoms. The molecule has 1 amide bonds. The van der Waals surface area contributed by atoms with Gasteiger partial charge in [0.1, 0.15) is 5.82 Å². The van der Waals surface area contributed by atoms with Gasteiger partial charge in [0.05, 0.1) is 22.0 Å². The number of benzene rings is 1. The molecule has 0 saturated heterocycles. The number of aryl methyl sites for hydroxylation is 2. The first kappa shape index (κ1) is 23.9. The first-order valence-corrected chi connectivity index (χ1v) is 13.9. The molecule has 0 aliphatic heterocycles. The number of imidazole rings is 1. The second-order valence-corrected chi connectivity index (χ2v) is 11.9.